The van der Waals surface area contributed by atoms with Gasteiger partial charge in [-0.2, -0.15) is 0 Å². The molecule has 2 atom stereocenters. The molecule has 4 nitrogen and oxygen atoms in total. The topological polar surface area (TPSA) is 55.4 Å². The number of carbonyl (C=O) groups excluding carboxylic acids is 2. The lowest BCUT2D eigenvalue weighted by Gasteiger charge is -2.13. The molecular formula is C15H17NO3. The maximum absolute atomic E-state index is 12.3. The van der Waals surface area contributed by atoms with Crippen LogP contribution >= 0.6 is 0 Å². The fraction of sp³-hybridized carbons (Fsp3) is 0.333. The number of methoxy groups -OCH3 is 1. The first kappa shape index (κ1) is 13.3. The van der Waals surface area contributed by atoms with Crippen LogP contribution in [0.5, 0.6) is 5.75 Å². The molecule has 1 saturated carbocycles. The van der Waals surface area contributed by atoms with Crippen LogP contribution in [0.4, 0.5) is 5.69 Å². The average Bonchev–Trinajstić information content (AvgIpc) is 3.15. The Hall–Kier alpha value is -2.10. The van der Waals surface area contributed by atoms with E-state index in [9.17, 15) is 9.59 Å². The number of ketones is 1. The number of amides is 1. The van der Waals surface area contributed by atoms with Crippen molar-refractivity contribution in [1.82, 2.24) is 0 Å². The monoisotopic (exact) mass is 259 g/mol. The summed E-state index contributed by atoms with van der Waals surface area (Å²) in [6.07, 6.45) is 2.23. The van der Waals surface area contributed by atoms with Gasteiger partial charge in [0.05, 0.1) is 7.11 Å². The van der Waals surface area contributed by atoms with E-state index in [1.54, 1.807) is 37.5 Å². The van der Waals surface area contributed by atoms with Gasteiger partial charge in [-0.1, -0.05) is 6.08 Å². The molecule has 2 rings (SSSR count). The second-order valence-electron chi connectivity index (χ2n) is 4.76. The van der Waals surface area contributed by atoms with Gasteiger partial charge in [-0.3, -0.25) is 9.59 Å². The molecule has 0 aliphatic heterocycles. The van der Waals surface area contributed by atoms with Gasteiger partial charge in [0.1, 0.15) is 16.9 Å². The first-order valence-electron chi connectivity index (χ1n) is 6.13. The number of allylic oxidation sites excluding steroid dienone is 1. The molecule has 1 aliphatic carbocycles. The minimum absolute atomic E-state index is 0.0525. The van der Waals surface area contributed by atoms with Crippen molar-refractivity contribution < 1.29 is 14.3 Å². The van der Waals surface area contributed by atoms with Crippen molar-refractivity contribution in [3.63, 3.8) is 0 Å². The third-order valence-electron chi connectivity index (χ3n) is 3.68. The minimum Gasteiger partial charge on any atom is -0.497 e. The van der Waals surface area contributed by atoms with Gasteiger partial charge in [0.15, 0.2) is 0 Å². The van der Waals surface area contributed by atoms with Crippen molar-refractivity contribution in [3.8, 4) is 5.75 Å². The molecule has 100 valence electrons. The van der Waals surface area contributed by atoms with Gasteiger partial charge >= 0.3 is 0 Å². The first-order valence-corrected chi connectivity index (χ1v) is 6.13. The summed E-state index contributed by atoms with van der Waals surface area (Å²) in [6.45, 7) is 5.12. The second kappa shape index (κ2) is 4.88. The smallest absolute Gasteiger partial charge is 0.238 e. The molecule has 1 aromatic rings. The summed E-state index contributed by atoms with van der Waals surface area (Å²) in [5.41, 5.74) is -0.261. The number of benzene rings is 1. The van der Waals surface area contributed by atoms with E-state index in [-0.39, 0.29) is 17.6 Å². The van der Waals surface area contributed by atoms with Crippen LogP contribution in [-0.4, -0.2) is 18.8 Å². The largest absolute Gasteiger partial charge is 0.497 e. The van der Waals surface area contributed by atoms with E-state index in [2.05, 4.69) is 11.9 Å². The van der Waals surface area contributed by atoms with Gasteiger partial charge in [0, 0.05) is 5.69 Å². The number of Topliss-reactive ketones (excluding diaryl/α,β-unsaturated/α-hetero) is 1. The number of nitrogens with one attached hydrogen (secondary N) is 1. The number of ether oxygens (including phenoxy) is 1. The lowest BCUT2D eigenvalue weighted by molar-refractivity contribution is -0.132. The Morgan fingerprint density at radius 3 is 2.47 bits per heavy atom. The minimum atomic E-state index is -0.915. The normalized spacial score (nSPS) is 24.4. The summed E-state index contributed by atoms with van der Waals surface area (Å²) in [5, 5.41) is 2.78. The molecule has 1 amide bonds. The van der Waals surface area contributed by atoms with Crippen LogP contribution in [0.15, 0.2) is 36.9 Å². The summed E-state index contributed by atoms with van der Waals surface area (Å²) in [7, 11) is 1.58. The van der Waals surface area contributed by atoms with Crippen molar-refractivity contribution in [1.29, 1.82) is 0 Å². The van der Waals surface area contributed by atoms with Crippen LogP contribution in [0.3, 0.4) is 0 Å². The lowest BCUT2D eigenvalue weighted by atomic mass is 9.97. The summed E-state index contributed by atoms with van der Waals surface area (Å²) in [5.74, 6) is 0.302. The third kappa shape index (κ3) is 2.26. The number of anilines is 1. The summed E-state index contributed by atoms with van der Waals surface area (Å²) in [6, 6.07) is 7.01. The Labute approximate surface area is 112 Å². The molecule has 1 aliphatic rings. The molecule has 0 spiro atoms. The van der Waals surface area contributed by atoms with Gasteiger partial charge in [0.2, 0.25) is 5.91 Å². The van der Waals surface area contributed by atoms with Crippen LogP contribution in [-0.2, 0) is 9.59 Å². The molecule has 0 heterocycles. The number of rotatable bonds is 5. The molecule has 0 saturated heterocycles. The van der Waals surface area contributed by atoms with E-state index in [0.29, 0.717) is 12.1 Å². The predicted molar refractivity (Wildman–Crippen MR) is 73.0 cm³/mol. The van der Waals surface area contributed by atoms with E-state index in [0.717, 1.165) is 5.75 Å². The molecule has 19 heavy (non-hydrogen) atoms. The highest BCUT2D eigenvalue weighted by atomic mass is 16.5. The van der Waals surface area contributed by atoms with E-state index >= 15 is 0 Å². The van der Waals surface area contributed by atoms with Crippen molar-refractivity contribution in [2.24, 2.45) is 11.3 Å². The maximum atomic E-state index is 12.3. The zero-order chi connectivity index (χ0) is 14.0. The van der Waals surface area contributed by atoms with E-state index < -0.39 is 5.41 Å². The van der Waals surface area contributed by atoms with Crippen LogP contribution in [0.1, 0.15) is 13.3 Å². The van der Waals surface area contributed by atoms with Crippen molar-refractivity contribution in [3.05, 3.63) is 36.9 Å². The third-order valence-corrected chi connectivity index (χ3v) is 3.68. The fourth-order valence-corrected chi connectivity index (χ4v) is 2.32. The number of carbonyl (C=O) groups is 2. The highest BCUT2D eigenvalue weighted by molar-refractivity contribution is 6.13. The summed E-state index contributed by atoms with van der Waals surface area (Å²) >= 11 is 0. The highest BCUT2D eigenvalue weighted by Gasteiger charge is 2.62. The van der Waals surface area contributed by atoms with Gasteiger partial charge in [-0.05, 0) is 43.5 Å². The van der Waals surface area contributed by atoms with Gasteiger partial charge in [-0.15, -0.1) is 6.58 Å². The summed E-state index contributed by atoms with van der Waals surface area (Å²) in [4.78, 5) is 24.0. The average molecular weight is 259 g/mol. The Morgan fingerprint density at radius 1 is 1.42 bits per heavy atom. The molecule has 0 bridgehead atoms. The lowest BCUT2D eigenvalue weighted by Crippen LogP contribution is -2.31. The zero-order valence-electron chi connectivity index (χ0n) is 11.1. The van der Waals surface area contributed by atoms with Crippen molar-refractivity contribution >= 4 is 17.4 Å². The Kier molecular flexibility index (Phi) is 3.42. The quantitative estimate of drug-likeness (QED) is 0.652. The van der Waals surface area contributed by atoms with Crippen LogP contribution in [0.2, 0.25) is 0 Å². The maximum Gasteiger partial charge on any atom is 0.238 e. The van der Waals surface area contributed by atoms with Crippen molar-refractivity contribution in [2.45, 2.75) is 13.3 Å². The zero-order valence-corrected chi connectivity index (χ0v) is 11.1. The highest BCUT2D eigenvalue weighted by Crippen LogP contribution is 2.54. The molecule has 0 aromatic heterocycles. The van der Waals surface area contributed by atoms with Gasteiger partial charge in [0.25, 0.3) is 0 Å². The second-order valence-corrected chi connectivity index (χ2v) is 4.76. The molecule has 2 unspecified atom stereocenters. The molecule has 0 radical (unpaired) electrons. The fourth-order valence-electron chi connectivity index (χ4n) is 2.32. The van der Waals surface area contributed by atoms with Gasteiger partial charge < -0.3 is 10.1 Å². The Morgan fingerprint density at radius 2 is 2.05 bits per heavy atom. The van der Waals surface area contributed by atoms with E-state index in [4.69, 9.17) is 4.74 Å². The van der Waals surface area contributed by atoms with E-state index in [1.807, 2.05) is 0 Å². The van der Waals surface area contributed by atoms with Gasteiger partial charge in [-0.25, -0.2) is 0 Å². The number of hydrogen-bond donors (Lipinski definition) is 1. The van der Waals surface area contributed by atoms with Crippen LogP contribution < -0.4 is 10.1 Å². The first-order chi connectivity index (χ1) is 9.04. The van der Waals surface area contributed by atoms with E-state index in [1.165, 1.54) is 6.92 Å². The number of hydrogen-bond acceptors (Lipinski definition) is 3. The standard InChI is InChI=1S/C15H17NO3/c1-4-11-9-15(11,10(2)17)14(18)16-12-5-7-13(19-3)8-6-12/h4-8,11H,1,9H2,2-3H3,(H,16,18). The Balaban J connectivity index is 2.12. The molecule has 1 aromatic carbocycles. The predicted octanol–water partition coefficient (Wildman–Crippen LogP) is 2.42. The molecular weight excluding hydrogens is 242 g/mol. The van der Waals surface area contributed by atoms with Crippen molar-refractivity contribution in [2.75, 3.05) is 12.4 Å². The SMILES string of the molecule is C=CC1CC1(C(C)=O)C(=O)Nc1ccc(OC)cc1. The molecule has 1 N–H and O–H groups in total. The molecule has 4 heteroatoms. The molecule has 1 fully saturated rings. The Bertz CT molecular complexity index is 521. The van der Waals surface area contributed by atoms with Crippen LogP contribution in [0.25, 0.3) is 0 Å². The summed E-state index contributed by atoms with van der Waals surface area (Å²) < 4.78 is 5.05. The van der Waals surface area contributed by atoms with Crippen LogP contribution in [0, 0.1) is 11.3 Å².